The van der Waals surface area contributed by atoms with Crippen molar-refractivity contribution in [3.05, 3.63) is 24.3 Å². The van der Waals surface area contributed by atoms with Crippen LogP contribution in [0.2, 0.25) is 0 Å². The van der Waals surface area contributed by atoms with Crippen molar-refractivity contribution in [3.8, 4) is 5.75 Å². The summed E-state index contributed by atoms with van der Waals surface area (Å²) >= 11 is 0. The van der Waals surface area contributed by atoms with Crippen LogP contribution < -0.4 is 10.5 Å². The Bertz CT molecular complexity index is 377. The van der Waals surface area contributed by atoms with Crippen LogP contribution in [0.25, 0.3) is 0 Å². The third kappa shape index (κ3) is 4.75. The Labute approximate surface area is 116 Å². The molecule has 0 saturated heterocycles. The molecule has 0 aliphatic heterocycles. The highest BCUT2D eigenvalue weighted by Crippen LogP contribution is 2.27. The quantitative estimate of drug-likeness (QED) is 0.578. The number of nitrogen functional groups attached to an aromatic ring is 1. The third-order valence-electron chi connectivity index (χ3n) is 3.93. The molecule has 0 amide bonds. The summed E-state index contributed by atoms with van der Waals surface area (Å²) < 4.78 is 5.72. The summed E-state index contributed by atoms with van der Waals surface area (Å²) in [5, 5.41) is 0. The van der Waals surface area contributed by atoms with Gasteiger partial charge < -0.3 is 15.4 Å². The van der Waals surface area contributed by atoms with E-state index in [-0.39, 0.29) is 0 Å². The van der Waals surface area contributed by atoms with E-state index in [1.807, 2.05) is 24.3 Å². The van der Waals surface area contributed by atoms with E-state index >= 15 is 0 Å². The topological polar surface area (TPSA) is 38.5 Å². The number of nitrogens with two attached hydrogens (primary N) is 1. The molecule has 1 aliphatic rings. The van der Waals surface area contributed by atoms with Crippen LogP contribution in [-0.4, -0.2) is 31.1 Å². The second kappa shape index (κ2) is 7.39. The van der Waals surface area contributed by atoms with Crippen LogP contribution in [0.15, 0.2) is 24.3 Å². The average molecular weight is 262 g/mol. The Morgan fingerprint density at radius 1 is 1.37 bits per heavy atom. The molecular weight excluding hydrogens is 236 g/mol. The van der Waals surface area contributed by atoms with Crippen molar-refractivity contribution >= 4 is 5.69 Å². The summed E-state index contributed by atoms with van der Waals surface area (Å²) in [5.74, 6) is 1.83. The summed E-state index contributed by atoms with van der Waals surface area (Å²) in [4.78, 5) is 2.55. The fourth-order valence-corrected chi connectivity index (χ4v) is 2.50. The van der Waals surface area contributed by atoms with Gasteiger partial charge in [-0.2, -0.15) is 0 Å². The molecule has 1 aromatic carbocycles. The maximum Gasteiger partial charge on any atom is 0.121 e. The lowest BCUT2D eigenvalue weighted by atomic mass is 9.85. The van der Waals surface area contributed by atoms with Crippen LogP contribution in [-0.2, 0) is 0 Å². The molecule has 0 heterocycles. The number of benzene rings is 1. The number of ether oxygens (including phenoxy) is 1. The number of anilines is 1. The van der Waals surface area contributed by atoms with Gasteiger partial charge >= 0.3 is 0 Å². The van der Waals surface area contributed by atoms with Gasteiger partial charge in [0.25, 0.3) is 0 Å². The molecule has 0 bridgehead atoms. The van der Waals surface area contributed by atoms with Gasteiger partial charge in [0.15, 0.2) is 0 Å². The number of nitrogens with zero attached hydrogens (tertiary/aromatic N) is 1. The van der Waals surface area contributed by atoms with Gasteiger partial charge in [-0.05, 0) is 43.9 Å². The normalized spacial score (nSPS) is 15.5. The second-order valence-electron chi connectivity index (χ2n) is 5.46. The fraction of sp³-hybridized carbons (Fsp3) is 0.625. The average Bonchev–Trinajstić information content (AvgIpc) is 2.36. The Kier molecular flexibility index (Phi) is 5.52. The van der Waals surface area contributed by atoms with Gasteiger partial charge in [-0.25, -0.2) is 0 Å². The van der Waals surface area contributed by atoms with Crippen molar-refractivity contribution in [1.29, 1.82) is 0 Å². The Morgan fingerprint density at radius 2 is 2.21 bits per heavy atom. The van der Waals surface area contributed by atoms with Gasteiger partial charge in [0.1, 0.15) is 5.75 Å². The van der Waals surface area contributed by atoms with E-state index in [1.54, 1.807) is 0 Å². The first-order valence-electron chi connectivity index (χ1n) is 7.48. The van der Waals surface area contributed by atoms with Crippen LogP contribution in [0.3, 0.4) is 0 Å². The van der Waals surface area contributed by atoms with Crippen molar-refractivity contribution in [2.75, 3.05) is 32.0 Å². The van der Waals surface area contributed by atoms with E-state index in [0.717, 1.165) is 43.5 Å². The van der Waals surface area contributed by atoms with E-state index in [0.29, 0.717) is 0 Å². The van der Waals surface area contributed by atoms with Gasteiger partial charge in [-0.3, -0.25) is 0 Å². The van der Waals surface area contributed by atoms with E-state index in [2.05, 4.69) is 11.8 Å². The second-order valence-corrected chi connectivity index (χ2v) is 5.46. The fourth-order valence-electron chi connectivity index (χ4n) is 2.50. The third-order valence-corrected chi connectivity index (χ3v) is 3.93. The first kappa shape index (κ1) is 14.2. The standard InChI is InChI=1S/C16H26N2O/c1-2-18(13-14-6-3-7-14)10-5-11-19-16-9-4-8-15(17)12-16/h4,8-9,12,14H,2-3,5-7,10-11,13,17H2,1H3. The molecule has 0 unspecified atom stereocenters. The lowest BCUT2D eigenvalue weighted by molar-refractivity contribution is 0.172. The van der Waals surface area contributed by atoms with Crippen molar-refractivity contribution in [2.45, 2.75) is 32.6 Å². The molecule has 0 aromatic heterocycles. The lowest BCUT2D eigenvalue weighted by Crippen LogP contribution is -2.33. The predicted octanol–water partition coefficient (Wildman–Crippen LogP) is 3.16. The first-order valence-corrected chi connectivity index (χ1v) is 7.48. The summed E-state index contributed by atoms with van der Waals surface area (Å²) in [5.41, 5.74) is 6.48. The van der Waals surface area contributed by atoms with Crippen LogP contribution in [0.5, 0.6) is 5.75 Å². The van der Waals surface area contributed by atoms with Crippen LogP contribution in [0, 0.1) is 5.92 Å². The molecule has 0 atom stereocenters. The van der Waals surface area contributed by atoms with Crippen molar-refractivity contribution in [3.63, 3.8) is 0 Å². The van der Waals surface area contributed by atoms with Crippen LogP contribution >= 0.6 is 0 Å². The molecule has 3 heteroatoms. The molecule has 0 radical (unpaired) electrons. The van der Waals surface area contributed by atoms with E-state index in [1.165, 1.54) is 25.8 Å². The van der Waals surface area contributed by atoms with Gasteiger partial charge in [-0.15, -0.1) is 0 Å². The molecular formula is C16H26N2O. The molecule has 106 valence electrons. The maximum atomic E-state index is 5.72. The Hall–Kier alpha value is -1.22. The van der Waals surface area contributed by atoms with Gasteiger partial charge in [-0.1, -0.05) is 19.4 Å². The van der Waals surface area contributed by atoms with E-state index in [9.17, 15) is 0 Å². The minimum Gasteiger partial charge on any atom is -0.493 e. The lowest BCUT2D eigenvalue weighted by Gasteiger charge is -2.31. The maximum absolute atomic E-state index is 5.72. The highest BCUT2D eigenvalue weighted by Gasteiger charge is 2.19. The summed E-state index contributed by atoms with van der Waals surface area (Å²) in [6.07, 6.45) is 5.36. The largest absolute Gasteiger partial charge is 0.493 e. The number of hydrogen-bond acceptors (Lipinski definition) is 3. The highest BCUT2D eigenvalue weighted by molar-refractivity contribution is 5.43. The minimum atomic E-state index is 0.762. The molecule has 1 aliphatic carbocycles. The van der Waals surface area contributed by atoms with Crippen molar-refractivity contribution in [1.82, 2.24) is 4.90 Å². The molecule has 0 spiro atoms. The first-order chi connectivity index (χ1) is 9.28. The number of hydrogen-bond donors (Lipinski definition) is 1. The summed E-state index contributed by atoms with van der Waals surface area (Å²) in [6, 6.07) is 7.65. The van der Waals surface area contributed by atoms with Gasteiger partial charge in [0.05, 0.1) is 6.61 Å². The zero-order valence-corrected chi connectivity index (χ0v) is 12.0. The molecule has 1 aromatic rings. The zero-order valence-electron chi connectivity index (χ0n) is 12.0. The molecule has 1 fully saturated rings. The number of rotatable bonds is 8. The monoisotopic (exact) mass is 262 g/mol. The van der Waals surface area contributed by atoms with Gasteiger partial charge in [0, 0.05) is 24.8 Å². The SMILES string of the molecule is CCN(CCCOc1cccc(N)c1)CC1CCC1. The van der Waals surface area contributed by atoms with Gasteiger partial charge in [0.2, 0.25) is 0 Å². The van der Waals surface area contributed by atoms with E-state index < -0.39 is 0 Å². The molecule has 19 heavy (non-hydrogen) atoms. The summed E-state index contributed by atoms with van der Waals surface area (Å²) in [7, 11) is 0. The zero-order chi connectivity index (χ0) is 13.5. The molecule has 1 saturated carbocycles. The van der Waals surface area contributed by atoms with Crippen molar-refractivity contribution < 1.29 is 4.74 Å². The Morgan fingerprint density at radius 3 is 2.84 bits per heavy atom. The van der Waals surface area contributed by atoms with Crippen LogP contribution in [0.1, 0.15) is 32.6 Å². The molecule has 2 rings (SSSR count). The highest BCUT2D eigenvalue weighted by atomic mass is 16.5. The predicted molar refractivity (Wildman–Crippen MR) is 80.4 cm³/mol. The van der Waals surface area contributed by atoms with Crippen molar-refractivity contribution in [2.24, 2.45) is 5.92 Å². The smallest absolute Gasteiger partial charge is 0.121 e. The summed E-state index contributed by atoms with van der Waals surface area (Å²) in [6.45, 7) is 6.57. The van der Waals surface area contributed by atoms with Crippen LogP contribution in [0.4, 0.5) is 5.69 Å². The van der Waals surface area contributed by atoms with E-state index in [4.69, 9.17) is 10.5 Å². The molecule has 2 N–H and O–H groups in total. The Balaban J connectivity index is 1.62. The molecule has 3 nitrogen and oxygen atoms in total. The minimum absolute atomic E-state index is 0.762.